The zero-order valence-corrected chi connectivity index (χ0v) is 11.1. The molecule has 0 bridgehead atoms. The number of hydrogen-bond donors (Lipinski definition) is 2. The Bertz CT molecular complexity index is 459. The molecule has 0 aromatic heterocycles. The second kappa shape index (κ2) is 6.43. The topological polar surface area (TPSA) is 67.8 Å². The summed E-state index contributed by atoms with van der Waals surface area (Å²) in [4.78, 5) is 10.4. The van der Waals surface area contributed by atoms with E-state index in [1.807, 2.05) is 19.1 Å². The highest BCUT2D eigenvalue weighted by atomic mass is 16.6. The van der Waals surface area contributed by atoms with Crippen LogP contribution >= 0.6 is 0 Å². The summed E-state index contributed by atoms with van der Waals surface area (Å²) < 4.78 is 11.1. The van der Waals surface area contributed by atoms with Gasteiger partial charge in [0, 0.05) is 6.54 Å². The Hall–Kier alpha value is -1.75. The summed E-state index contributed by atoms with van der Waals surface area (Å²) in [5.41, 5.74) is 2.37. The maximum atomic E-state index is 10.4. The van der Waals surface area contributed by atoms with Gasteiger partial charge in [-0.3, -0.25) is 4.79 Å². The van der Waals surface area contributed by atoms with Crippen LogP contribution in [0, 0.1) is 6.92 Å². The van der Waals surface area contributed by atoms with Crippen molar-refractivity contribution < 1.29 is 19.4 Å². The number of ether oxygens (including phenoxy) is 2. The third-order valence-electron chi connectivity index (χ3n) is 3.09. The third kappa shape index (κ3) is 3.86. The average Bonchev–Trinajstić information content (AvgIpc) is 2.38. The summed E-state index contributed by atoms with van der Waals surface area (Å²) in [6.45, 7) is 4.49. The van der Waals surface area contributed by atoms with Crippen LogP contribution < -0.4 is 14.8 Å². The van der Waals surface area contributed by atoms with Crippen molar-refractivity contribution in [3.05, 3.63) is 23.3 Å². The third-order valence-corrected chi connectivity index (χ3v) is 3.09. The minimum Gasteiger partial charge on any atom is -0.486 e. The predicted octanol–water partition coefficient (Wildman–Crippen LogP) is 1.37. The lowest BCUT2D eigenvalue weighted by Gasteiger charge is -2.20. The van der Waals surface area contributed by atoms with Crippen molar-refractivity contribution in [3.8, 4) is 11.5 Å². The van der Waals surface area contributed by atoms with Gasteiger partial charge in [0.2, 0.25) is 0 Å². The number of nitrogens with one attached hydrogen (secondary N) is 1. The number of carbonyl (C=O) groups is 1. The lowest BCUT2D eigenvalue weighted by atomic mass is 10.0. The first-order chi connectivity index (χ1) is 9.16. The van der Waals surface area contributed by atoms with Crippen molar-refractivity contribution in [2.45, 2.75) is 19.8 Å². The van der Waals surface area contributed by atoms with Gasteiger partial charge in [-0.2, -0.15) is 0 Å². The molecule has 0 amide bonds. The van der Waals surface area contributed by atoms with Gasteiger partial charge in [-0.05, 0) is 43.1 Å². The maximum absolute atomic E-state index is 10.4. The molecule has 0 radical (unpaired) electrons. The minimum atomic E-state index is -0.775. The van der Waals surface area contributed by atoms with Crippen LogP contribution in [-0.4, -0.2) is 37.4 Å². The normalized spacial score (nSPS) is 13.3. The molecular weight excluding hydrogens is 246 g/mol. The molecule has 0 aliphatic carbocycles. The molecule has 0 spiro atoms. The number of aliphatic carboxylic acids is 1. The summed E-state index contributed by atoms with van der Waals surface area (Å²) in [7, 11) is 0. The fraction of sp³-hybridized carbons (Fsp3) is 0.500. The number of rotatable bonds is 6. The molecule has 5 heteroatoms. The number of fused-ring (bicyclic) bond motifs is 1. The molecule has 2 N–H and O–H groups in total. The molecule has 19 heavy (non-hydrogen) atoms. The van der Waals surface area contributed by atoms with E-state index in [-0.39, 0.29) is 6.42 Å². The highest BCUT2D eigenvalue weighted by molar-refractivity contribution is 5.66. The van der Waals surface area contributed by atoms with E-state index in [0.717, 1.165) is 24.5 Å². The monoisotopic (exact) mass is 265 g/mol. The standard InChI is InChI=1S/C14H19NO4/c1-10-8-12-13(19-7-6-18-12)9-11(10)2-4-15-5-3-14(16)17/h8-9,15H,2-7H2,1H3,(H,16,17). The molecule has 0 saturated carbocycles. The molecule has 1 aromatic rings. The molecule has 1 aromatic carbocycles. The number of benzene rings is 1. The second-order valence-electron chi connectivity index (χ2n) is 4.57. The number of hydrogen-bond acceptors (Lipinski definition) is 4. The summed E-state index contributed by atoms with van der Waals surface area (Å²) in [5.74, 6) is 0.840. The highest BCUT2D eigenvalue weighted by Gasteiger charge is 2.13. The van der Waals surface area contributed by atoms with Crippen LogP contribution in [-0.2, 0) is 11.2 Å². The Morgan fingerprint density at radius 2 is 1.95 bits per heavy atom. The van der Waals surface area contributed by atoms with Crippen LogP contribution in [0.25, 0.3) is 0 Å². The van der Waals surface area contributed by atoms with Crippen molar-refractivity contribution in [2.24, 2.45) is 0 Å². The van der Waals surface area contributed by atoms with Crippen LogP contribution in [0.4, 0.5) is 0 Å². The predicted molar refractivity (Wildman–Crippen MR) is 71.0 cm³/mol. The van der Waals surface area contributed by atoms with Crippen molar-refractivity contribution >= 4 is 5.97 Å². The first-order valence-corrected chi connectivity index (χ1v) is 6.48. The van der Waals surface area contributed by atoms with Crippen LogP contribution in [0.3, 0.4) is 0 Å². The zero-order chi connectivity index (χ0) is 13.7. The molecule has 0 unspecified atom stereocenters. The Morgan fingerprint density at radius 3 is 2.63 bits per heavy atom. The molecule has 5 nitrogen and oxygen atoms in total. The highest BCUT2D eigenvalue weighted by Crippen LogP contribution is 2.33. The summed E-state index contributed by atoms with van der Waals surface area (Å²) in [6.07, 6.45) is 1.00. The van der Waals surface area contributed by atoms with Gasteiger partial charge in [-0.25, -0.2) is 0 Å². The van der Waals surface area contributed by atoms with Gasteiger partial charge in [-0.1, -0.05) is 0 Å². The van der Waals surface area contributed by atoms with Crippen LogP contribution in [0.15, 0.2) is 12.1 Å². The van der Waals surface area contributed by atoms with Gasteiger partial charge >= 0.3 is 5.97 Å². The SMILES string of the molecule is Cc1cc2c(cc1CCNCCC(=O)O)OCCO2. The van der Waals surface area contributed by atoms with E-state index < -0.39 is 5.97 Å². The first kappa shape index (κ1) is 13.7. The Kier molecular flexibility index (Phi) is 4.63. The summed E-state index contributed by atoms with van der Waals surface area (Å²) in [6, 6.07) is 4.02. The van der Waals surface area contributed by atoms with E-state index in [2.05, 4.69) is 5.32 Å². The van der Waals surface area contributed by atoms with Crippen molar-refractivity contribution in [1.29, 1.82) is 0 Å². The smallest absolute Gasteiger partial charge is 0.304 e. The Balaban J connectivity index is 1.88. The lowest BCUT2D eigenvalue weighted by Crippen LogP contribution is -2.21. The zero-order valence-electron chi connectivity index (χ0n) is 11.1. The first-order valence-electron chi connectivity index (χ1n) is 6.48. The van der Waals surface area contributed by atoms with E-state index in [4.69, 9.17) is 14.6 Å². The van der Waals surface area contributed by atoms with Crippen molar-refractivity contribution in [3.63, 3.8) is 0 Å². The number of carboxylic acids is 1. The fourth-order valence-corrected chi connectivity index (χ4v) is 2.05. The molecule has 104 valence electrons. The molecular formula is C14H19NO4. The van der Waals surface area contributed by atoms with Gasteiger partial charge in [0.1, 0.15) is 13.2 Å². The van der Waals surface area contributed by atoms with Gasteiger partial charge in [0.15, 0.2) is 11.5 Å². The van der Waals surface area contributed by atoms with Gasteiger partial charge in [0.25, 0.3) is 0 Å². The van der Waals surface area contributed by atoms with Gasteiger partial charge in [0.05, 0.1) is 6.42 Å². The summed E-state index contributed by atoms with van der Waals surface area (Å²) >= 11 is 0. The number of aryl methyl sites for hydroxylation is 1. The van der Waals surface area contributed by atoms with Crippen molar-refractivity contribution in [1.82, 2.24) is 5.32 Å². The van der Waals surface area contributed by atoms with E-state index in [1.54, 1.807) is 0 Å². The molecule has 0 saturated heterocycles. The largest absolute Gasteiger partial charge is 0.486 e. The molecule has 1 aliphatic heterocycles. The van der Waals surface area contributed by atoms with E-state index in [9.17, 15) is 4.79 Å². The maximum Gasteiger partial charge on any atom is 0.304 e. The average molecular weight is 265 g/mol. The quantitative estimate of drug-likeness (QED) is 0.760. The van der Waals surface area contributed by atoms with Crippen LogP contribution in [0.2, 0.25) is 0 Å². The van der Waals surface area contributed by atoms with Gasteiger partial charge < -0.3 is 19.9 Å². The minimum absolute atomic E-state index is 0.153. The van der Waals surface area contributed by atoms with Crippen LogP contribution in [0.5, 0.6) is 11.5 Å². The van der Waals surface area contributed by atoms with Crippen molar-refractivity contribution in [2.75, 3.05) is 26.3 Å². The molecule has 0 atom stereocenters. The number of carboxylic acid groups (broad SMARTS) is 1. The lowest BCUT2D eigenvalue weighted by molar-refractivity contribution is -0.136. The molecule has 1 aliphatic rings. The Labute approximate surface area is 112 Å². The molecule has 1 heterocycles. The summed E-state index contributed by atoms with van der Waals surface area (Å²) in [5, 5.41) is 11.7. The molecule has 0 fully saturated rings. The van der Waals surface area contributed by atoms with E-state index >= 15 is 0 Å². The second-order valence-corrected chi connectivity index (χ2v) is 4.57. The van der Waals surface area contributed by atoms with E-state index in [1.165, 1.54) is 11.1 Å². The van der Waals surface area contributed by atoms with Gasteiger partial charge in [-0.15, -0.1) is 0 Å². The van der Waals surface area contributed by atoms with E-state index in [0.29, 0.717) is 19.8 Å². The molecule has 2 rings (SSSR count). The fourth-order valence-electron chi connectivity index (χ4n) is 2.05. The Morgan fingerprint density at radius 1 is 1.26 bits per heavy atom. The van der Waals surface area contributed by atoms with Crippen LogP contribution in [0.1, 0.15) is 17.5 Å².